The number of rotatable bonds is 1. The maximum atomic E-state index is 12.4. The standard InChI is InChI=1S/C12H20N4O/c1-7-5-16(6-8(7)2)12(17)11-10(13)9(3)14-15(11)4/h7-8H,5-6,13H2,1-4H3. The summed E-state index contributed by atoms with van der Waals surface area (Å²) in [5.74, 6) is 1.10. The molecule has 1 aromatic rings. The molecular weight excluding hydrogens is 216 g/mol. The van der Waals surface area contributed by atoms with Crippen LogP contribution in [0.25, 0.3) is 0 Å². The third-order valence-corrected chi connectivity index (χ3v) is 3.75. The summed E-state index contributed by atoms with van der Waals surface area (Å²) < 4.78 is 1.58. The Morgan fingerprint density at radius 3 is 2.29 bits per heavy atom. The van der Waals surface area contributed by atoms with Crippen LogP contribution in [-0.2, 0) is 7.05 Å². The van der Waals surface area contributed by atoms with E-state index in [1.54, 1.807) is 11.7 Å². The molecular formula is C12H20N4O. The Morgan fingerprint density at radius 1 is 1.35 bits per heavy atom. The Kier molecular flexibility index (Phi) is 2.85. The summed E-state index contributed by atoms with van der Waals surface area (Å²) in [5.41, 5.74) is 7.65. The maximum absolute atomic E-state index is 12.4. The van der Waals surface area contributed by atoms with E-state index in [9.17, 15) is 4.79 Å². The number of hydrogen-bond acceptors (Lipinski definition) is 3. The third-order valence-electron chi connectivity index (χ3n) is 3.75. The van der Waals surface area contributed by atoms with Crippen molar-refractivity contribution in [3.63, 3.8) is 0 Å². The van der Waals surface area contributed by atoms with Gasteiger partial charge in [-0.05, 0) is 18.8 Å². The molecule has 17 heavy (non-hydrogen) atoms. The fourth-order valence-corrected chi connectivity index (χ4v) is 2.37. The first kappa shape index (κ1) is 12.0. The lowest BCUT2D eigenvalue weighted by Crippen LogP contribution is -2.31. The second-order valence-corrected chi connectivity index (χ2v) is 5.14. The van der Waals surface area contributed by atoms with Gasteiger partial charge in [0.1, 0.15) is 5.69 Å². The molecule has 94 valence electrons. The Morgan fingerprint density at radius 2 is 1.88 bits per heavy atom. The molecule has 0 bridgehead atoms. The van der Waals surface area contributed by atoms with Gasteiger partial charge in [0, 0.05) is 20.1 Å². The van der Waals surface area contributed by atoms with Crippen LogP contribution in [0.4, 0.5) is 5.69 Å². The molecule has 2 rings (SSSR count). The van der Waals surface area contributed by atoms with Crippen molar-refractivity contribution >= 4 is 11.6 Å². The van der Waals surface area contributed by atoms with Gasteiger partial charge in [-0.2, -0.15) is 5.10 Å². The van der Waals surface area contributed by atoms with Crippen molar-refractivity contribution < 1.29 is 4.79 Å². The number of amides is 1. The van der Waals surface area contributed by atoms with Crippen molar-refractivity contribution in [2.24, 2.45) is 18.9 Å². The quantitative estimate of drug-likeness (QED) is 0.792. The predicted octanol–water partition coefficient (Wildman–Crippen LogP) is 1.04. The Hall–Kier alpha value is -1.52. The van der Waals surface area contributed by atoms with Gasteiger partial charge in [-0.15, -0.1) is 0 Å². The summed E-state index contributed by atoms with van der Waals surface area (Å²) in [7, 11) is 1.76. The summed E-state index contributed by atoms with van der Waals surface area (Å²) in [6, 6.07) is 0. The molecule has 1 aliphatic heterocycles. The van der Waals surface area contributed by atoms with Crippen LogP contribution in [-0.4, -0.2) is 33.7 Å². The summed E-state index contributed by atoms with van der Waals surface area (Å²) in [5, 5.41) is 4.19. The van der Waals surface area contributed by atoms with Gasteiger partial charge in [-0.3, -0.25) is 9.48 Å². The van der Waals surface area contributed by atoms with E-state index in [0.717, 1.165) is 18.8 Å². The normalized spacial score (nSPS) is 24.4. The Bertz CT molecular complexity index is 442. The maximum Gasteiger partial charge on any atom is 0.274 e. The number of nitrogens with zero attached hydrogens (tertiary/aromatic N) is 3. The Balaban J connectivity index is 2.26. The van der Waals surface area contributed by atoms with Crippen LogP contribution in [0, 0.1) is 18.8 Å². The smallest absolute Gasteiger partial charge is 0.274 e. The van der Waals surface area contributed by atoms with Crippen molar-refractivity contribution in [1.29, 1.82) is 0 Å². The van der Waals surface area contributed by atoms with Gasteiger partial charge in [0.15, 0.2) is 0 Å². The number of anilines is 1. The van der Waals surface area contributed by atoms with Crippen molar-refractivity contribution in [3.8, 4) is 0 Å². The SMILES string of the molecule is Cc1nn(C)c(C(=O)N2CC(C)C(C)C2)c1N. The lowest BCUT2D eigenvalue weighted by Gasteiger charge is -2.16. The molecule has 0 aliphatic carbocycles. The molecule has 0 saturated carbocycles. The molecule has 5 heteroatoms. The highest BCUT2D eigenvalue weighted by molar-refractivity contribution is 5.98. The van der Waals surface area contributed by atoms with Gasteiger partial charge in [-0.1, -0.05) is 13.8 Å². The number of nitrogen functional groups attached to an aromatic ring is 1. The molecule has 0 aromatic carbocycles. The van der Waals surface area contributed by atoms with Crippen LogP contribution in [0.1, 0.15) is 30.0 Å². The molecule has 0 radical (unpaired) electrons. The predicted molar refractivity (Wildman–Crippen MR) is 66.6 cm³/mol. The molecule has 0 spiro atoms. The minimum absolute atomic E-state index is 0.00167. The minimum Gasteiger partial charge on any atom is -0.395 e. The number of aromatic nitrogens is 2. The van der Waals surface area contributed by atoms with E-state index >= 15 is 0 Å². The second-order valence-electron chi connectivity index (χ2n) is 5.14. The second kappa shape index (κ2) is 4.05. The molecule has 1 fully saturated rings. The molecule has 2 unspecified atom stereocenters. The van der Waals surface area contributed by atoms with E-state index in [0.29, 0.717) is 23.2 Å². The van der Waals surface area contributed by atoms with Gasteiger partial charge < -0.3 is 10.6 Å². The highest BCUT2D eigenvalue weighted by atomic mass is 16.2. The molecule has 2 N–H and O–H groups in total. The lowest BCUT2D eigenvalue weighted by atomic mass is 10.0. The number of likely N-dealkylation sites (tertiary alicyclic amines) is 1. The average molecular weight is 236 g/mol. The van der Waals surface area contributed by atoms with Crippen LogP contribution in [0.15, 0.2) is 0 Å². The first-order valence-corrected chi connectivity index (χ1v) is 6.00. The van der Waals surface area contributed by atoms with Crippen LogP contribution in [0.2, 0.25) is 0 Å². The van der Waals surface area contributed by atoms with E-state index in [-0.39, 0.29) is 5.91 Å². The summed E-state index contributed by atoms with van der Waals surface area (Å²) in [4.78, 5) is 14.3. The van der Waals surface area contributed by atoms with Crippen LogP contribution in [0.3, 0.4) is 0 Å². The van der Waals surface area contributed by atoms with Crippen molar-refractivity contribution in [2.45, 2.75) is 20.8 Å². The fourth-order valence-electron chi connectivity index (χ4n) is 2.37. The zero-order valence-corrected chi connectivity index (χ0v) is 10.9. The number of carbonyl (C=O) groups excluding carboxylic acids is 1. The molecule has 5 nitrogen and oxygen atoms in total. The molecule has 2 heterocycles. The summed E-state index contributed by atoms with van der Waals surface area (Å²) >= 11 is 0. The first-order valence-electron chi connectivity index (χ1n) is 6.00. The molecule has 1 aliphatic rings. The number of hydrogen-bond donors (Lipinski definition) is 1. The molecule has 1 aromatic heterocycles. The number of aryl methyl sites for hydroxylation is 2. The van der Waals surface area contributed by atoms with E-state index in [1.807, 2.05) is 11.8 Å². The molecule has 1 amide bonds. The van der Waals surface area contributed by atoms with Gasteiger partial charge >= 0.3 is 0 Å². The average Bonchev–Trinajstić information content (AvgIpc) is 2.70. The van der Waals surface area contributed by atoms with E-state index < -0.39 is 0 Å². The van der Waals surface area contributed by atoms with E-state index in [2.05, 4.69) is 18.9 Å². The van der Waals surface area contributed by atoms with Gasteiger partial charge in [0.25, 0.3) is 5.91 Å². The highest BCUT2D eigenvalue weighted by Gasteiger charge is 2.32. The number of carbonyl (C=O) groups is 1. The zero-order chi connectivity index (χ0) is 12.7. The molecule has 1 saturated heterocycles. The molecule has 2 atom stereocenters. The minimum atomic E-state index is 0.00167. The largest absolute Gasteiger partial charge is 0.395 e. The van der Waals surface area contributed by atoms with Crippen molar-refractivity contribution in [2.75, 3.05) is 18.8 Å². The van der Waals surface area contributed by atoms with Crippen molar-refractivity contribution in [1.82, 2.24) is 14.7 Å². The van der Waals surface area contributed by atoms with E-state index in [1.165, 1.54) is 0 Å². The van der Waals surface area contributed by atoms with Crippen molar-refractivity contribution in [3.05, 3.63) is 11.4 Å². The highest BCUT2D eigenvalue weighted by Crippen LogP contribution is 2.25. The van der Waals surface area contributed by atoms with Crippen LogP contribution in [0.5, 0.6) is 0 Å². The fraction of sp³-hybridized carbons (Fsp3) is 0.667. The number of nitrogens with two attached hydrogens (primary N) is 1. The lowest BCUT2D eigenvalue weighted by molar-refractivity contribution is 0.0775. The monoisotopic (exact) mass is 236 g/mol. The third kappa shape index (κ3) is 1.90. The van der Waals surface area contributed by atoms with Gasteiger partial charge in [0.2, 0.25) is 0 Å². The van der Waals surface area contributed by atoms with E-state index in [4.69, 9.17) is 5.73 Å². The van der Waals surface area contributed by atoms with Gasteiger partial charge in [0.05, 0.1) is 11.4 Å². The zero-order valence-electron chi connectivity index (χ0n) is 10.9. The van der Waals surface area contributed by atoms with Crippen LogP contribution < -0.4 is 5.73 Å². The van der Waals surface area contributed by atoms with Crippen LogP contribution >= 0.6 is 0 Å². The van der Waals surface area contributed by atoms with Gasteiger partial charge in [-0.25, -0.2) is 0 Å². The topological polar surface area (TPSA) is 64.2 Å². The first-order chi connectivity index (χ1) is 7.91. The summed E-state index contributed by atoms with van der Waals surface area (Å²) in [6.45, 7) is 7.79. The summed E-state index contributed by atoms with van der Waals surface area (Å²) in [6.07, 6.45) is 0. The Labute approximate surface area is 102 Å².